The lowest BCUT2D eigenvalue weighted by atomic mass is 10.1. The first kappa shape index (κ1) is 23.7. The summed E-state index contributed by atoms with van der Waals surface area (Å²) in [5.74, 6) is -0.394. The molecule has 3 aromatic rings. The van der Waals surface area contributed by atoms with Crippen LogP contribution in [-0.2, 0) is 16.1 Å². The Balaban J connectivity index is 1.79. The van der Waals surface area contributed by atoms with E-state index in [4.69, 9.17) is 27.9 Å². The van der Waals surface area contributed by atoms with Crippen LogP contribution in [-0.4, -0.2) is 46.9 Å². The third kappa shape index (κ3) is 5.85. The average molecular weight is 477 g/mol. The number of hydrogen-bond donors (Lipinski definition) is 2. The van der Waals surface area contributed by atoms with Gasteiger partial charge in [-0.25, -0.2) is 9.78 Å². The first-order valence-electron chi connectivity index (χ1n) is 9.89. The van der Waals surface area contributed by atoms with E-state index >= 15 is 0 Å². The number of aromatic nitrogens is 2. The van der Waals surface area contributed by atoms with Gasteiger partial charge < -0.3 is 15.0 Å². The number of nitrogens with one attached hydrogen (secondary N) is 2. The van der Waals surface area contributed by atoms with Crippen molar-refractivity contribution in [3.63, 3.8) is 0 Å². The van der Waals surface area contributed by atoms with Gasteiger partial charge in [-0.1, -0.05) is 30.1 Å². The number of hydrogen-bond acceptors (Lipinski definition) is 6. The van der Waals surface area contributed by atoms with E-state index in [0.29, 0.717) is 44.6 Å². The van der Waals surface area contributed by atoms with Crippen LogP contribution in [0.15, 0.2) is 41.2 Å². The molecule has 0 saturated heterocycles. The van der Waals surface area contributed by atoms with Gasteiger partial charge in [0, 0.05) is 5.02 Å². The van der Waals surface area contributed by atoms with Crippen LogP contribution in [0.25, 0.3) is 10.9 Å². The third-order valence-corrected chi connectivity index (χ3v) is 5.21. The van der Waals surface area contributed by atoms with Gasteiger partial charge in [0.05, 0.1) is 47.4 Å². The summed E-state index contributed by atoms with van der Waals surface area (Å²) >= 11 is 12.0. The third-order valence-electron chi connectivity index (χ3n) is 4.66. The molecule has 1 aromatic heterocycles. The minimum atomic E-state index is -0.513. The molecule has 1 amide bonds. The van der Waals surface area contributed by atoms with Gasteiger partial charge in [0.15, 0.2) is 0 Å². The molecule has 3 rings (SSSR count). The van der Waals surface area contributed by atoms with Crippen molar-refractivity contribution < 1.29 is 14.3 Å². The van der Waals surface area contributed by atoms with Crippen molar-refractivity contribution in [1.82, 2.24) is 14.9 Å². The van der Waals surface area contributed by atoms with Gasteiger partial charge in [0.25, 0.3) is 5.56 Å². The number of esters is 1. The van der Waals surface area contributed by atoms with Crippen LogP contribution in [0.2, 0.25) is 10.0 Å². The molecule has 0 unspecified atom stereocenters. The molecule has 0 atom stereocenters. The van der Waals surface area contributed by atoms with Gasteiger partial charge in [-0.3, -0.25) is 14.5 Å². The zero-order chi connectivity index (χ0) is 23.3. The number of ether oxygens (including phenoxy) is 1. The molecule has 0 spiro atoms. The van der Waals surface area contributed by atoms with Crippen molar-refractivity contribution >= 4 is 51.7 Å². The Kier molecular flexibility index (Phi) is 7.84. The van der Waals surface area contributed by atoms with E-state index in [2.05, 4.69) is 15.3 Å². The van der Waals surface area contributed by atoms with Crippen LogP contribution in [0.4, 0.5) is 5.69 Å². The molecule has 0 bridgehead atoms. The number of carbonyl (C=O) groups excluding carboxylic acids is 2. The van der Waals surface area contributed by atoms with Crippen molar-refractivity contribution in [3.8, 4) is 0 Å². The van der Waals surface area contributed by atoms with Crippen molar-refractivity contribution in [3.05, 3.63) is 68.2 Å². The maximum absolute atomic E-state index is 12.6. The molecule has 0 radical (unpaired) electrons. The summed E-state index contributed by atoms with van der Waals surface area (Å²) < 4.78 is 4.73. The van der Waals surface area contributed by atoms with Crippen molar-refractivity contribution in [2.75, 3.05) is 25.5 Å². The normalized spacial score (nSPS) is 11.0. The highest BCUT2D eigenvalue weighted by molar-refractivity contribution is 6.36. The van der Waals surface area contributed by atoms with Gasteiger partial charge in [-0.15, -0.1) is 0 Å². The number of anilines is 1. The first-order valence-corrected chi connectivity index (χ1v) is 10.6. The number of H-pyrrole nitrogens is 1. The number of aromatic amines is 1. The summed E-state index contributed by atoms with van der Waals surface area (Å²) in [6.45, 7) is 2.89. The van der Waals surface area contributed by atoms with Crippen molar-refractivity contribution in [2.45, 2.75) is 19.9 Å². The lowest BCUT2D eigenvalue weighted by Gasteiger charge is -2.21. The Morgan fingerprint density at radius 3 is 2.66 bits per heavy atom. The summed E-state index contributed by atoms with van der Waals surface area (Å²) in [5, 5.41) is 3.94. The van der Waals surface area contributed by atoms with Crippen LogP contribution in [0.3, 0.4) is 0 Å². The zero-order valence-electron chi connectivity index (χ0n) is 17.6. The maximum atomic E-state index is 12.6. The van der Waals surface area contributed by atoms with Crippen molar-refractivity contribution in [1.29, 1.82) is 0 Å². The Hall–Kier alpha value is -2.94. The van der Waals surface area contributed by atoms with Gasteiger partial charge in [0.1, 0.15) is 5.82 Å². The Bertz CT molecular complexity index is 1210. The van der Waals surface area contributed by atoms with Crippen LogP contribution < -0.4 is 10.9 Å². The predicted molar refractivity (Wildman–Crippen MR) is 124 cm³/mol. The van der Waals surface area contributed by atoms with Crippen LogP contribution in [0.5, 0.6) is 0 Å². The molecule has 0 aliphatic carbocycles. The van der Waals surface area contributed by atoms with Gasteiger partial charge in [0.2, 0.25) is 5.91 Å². The molecule has 8 nitrogen and oxygen atoms in total. The Morgan fingerprint density at radius 2 is 1.97 bits per heavy atom. The molecule has 10 heteroatoms. The number of carbonyl (C=O) groups is 2. The van der Waals surface area contributed by atoms with Gasteiger partial charge in [-0.05, 0) is 49.4 Å². The molecule has 168 valence electrons. The second-order valence-corrected chi connectivity index (χ2v) is 7.96. The number of nitrogens with zero attached hydrogens (tertiary/aromatic N) is 2. The summed E-state index contributed by atoms with van der Waals surface area (Å²) in [7, 11) is 1.29. The molecular weight excluding hydrogens is 455 g/mol. The van der Waals surface area contributed by atoms with E-state index in [1.54, 1.807) is 18.2 Å². The van der Waals surface area contributed by atoms with Crippen LogP contribution in [0, 0.1) is 0 Å². The molecule has 1 heterocycles. The quantitative estimate of drug-likeness (QED) is 0.478. The topological polar surface area (TPSA) is 104 Å². The maximum Gasteiger partial charge on any atom is 0.337 e. The van der Waals surface area contributed by atoms with E-state index in [1.807, 2.05) is 11.8 Å². The fraction of sp³-hybridized carbons (Fsp3) is 0.273. The molecule has 2 N–H and O–H groups in total. The number of benzene rings is 2. The summed E-state index contributed by atoms with van der Waals surface area (Å²) in [4.78, 5) is 45.9. The molecule has 0 saturated carbocycles. The fourth-order valence-corrected chi connectivity index (χ4v) is 3.69. The number of rotatable bonds is 8. The summed E-state index contributed by atoms with van der Waals surface area (Å²) in [6, 6.07) is 9.38. The summed E-state index contributed by atoms with van der Waals surface area (Å²) in [5.41, 5.74) is 0.814. The molecule has 32 heavy (non-hydrogen) atoms. The minimum Gasteiger partial charge on any atom is -0.465 e. The van der Waals surface area contributed by atoms with E-state index < -0.39 is 5.97 Å². The standard InChI is InChI=1S/C22H22Cl2N4O4/c1-3-8-28(12-20(29)26-17-7-5-14(23)10-16(17)24)11-19-25-18-9-13(22(31)32-2)4-6-15(18)21(30)27-19/h4-7,9-10H,3,8,11-12H2,1-2H3,(H,26,29)(H,25,27,30). The highest BCUT2D eigenvalue weighted by atomic mass is 35.5. The SMILES string of the molecule is CCCN(CC(=O)Nc1ccc(Cl)cc1Cl)Cc1nc2cc(C(=O)OC)ccc2c(=O)[nH]1. The lowest BCUT2D eigenvalue weighted by molar-refractivity contribution is -0.117. The average Bonchev–Trinajstić information content (AvgIpc) is 2.75. The highest BCUT2D eigenvalue weighted by Crippen LogP contribution is 2.25. The second kappa shape index (κ2) is 10.6. The monoisotopic (exact) mass is 476 g/mol. The largest absolute Gasteiger partial charge is 0.465 e. The van der Waals surface area contributed by atoms with E-state index in [9.17, 15) is 14.4 Å². The van der Waals surface area contributed by atoms with Crippen LogP contribution >= 0.6 is 23.2 Å². The number of methoxy groups -OCH3 is 1. The molecule has 0 aliphatic heterocycles. The highest BCUT2D eigenvalue weighted by Gasteiger charge is 2.15. The summed E-state index contributed by atoms with van der Waals surface area (Å²) in [6.07, 6.45) is 0.791. The van der Waals surface area contributed by atoms with Crippen molar-refractivity contribution in [2.24, 2.45) is 0 Å². The molecule has 0 aliphatic rings. The molecule has 2 aromatic carbocycles. The van der Waals surface area contributed by atoms with E-state index in [1.165, 1.54) is 25.3 Å². The number of halogens is 2. The van der Waals surface area contributed by atoms with Gasteiger partial charge in [-0.2, -0.15) is 0 Å². The van der Waals surface area contributed by atoms with Gasteiger partial charge >= 0.3 is 5.97 Å². The fourth-order valence-electron chi connectivity index (χ4n) is 3.23. The zero-order valence-corrected chi connectivity index (χ0v) is 19.1. The Morgan fingerprint density at radius 1 is 1.19 bits per heavy atom. The predicted octanol–water partition coefficient (Wildman–Crippen LogP) is 3.87. The first-order chi connectivity index (χ1) is 15.3. The Labute approximate surface area is 194 Å². The van der Waals surface area contributed by atoms with Crippen LogP contribution in [0.1, 0.15) is 29.5 Å². The minimum absolute atomic E-state index is 0.0662. The smallest absolute Gasteiger partial charge is 0.337 e. The second-order valence-electron chi connectivity index (χ2n) is 7.12. The molecule has 0 fully saturated rings. The number of amides is 1. The molecular formula is C22H22Cl2N4O4. The van der Waals surface area contributed by atoms with E-state index in [0.717, 1.165) is 6.42 Å². The van der Waals surface area contributed by atoms with E-state index in [-0.39, 0.29) is 24.6 Å². The number of fused-ring (bicyclic) bond motifs is 1. The lowest BCUT2D eigenvalue weighted by Crippen LogP contribution is -2.34.